The van der Waals surface area contributed by atoms with E-state index < -0.39 is 0 Å². The summed E-state index contributed by atoms with van der Waals surface area (Å²) in [5.41, 5.74) is 2.31. The van der Waals surface area contributed by atoms with Crippen LogP contribution in [0.4, 0.5) is 0 Å². The molecule has 0 amide bonds. The smallest absolute Gasteiger partial charge is 0.148 e. The van der Waals surface area contributed by atoms with Crippen LogP contribution < -0.4 is 5.32 Å². The summed E-state index contributed by atoms with van der Waals surface area (Å²) in [6.45, 7) is 13.2. The molecule has 0 saturated heterocycles. The van der Waals surface area contributed by atoms with Crippen molar-refractivity contribution in [2.24, 2.45) is 5.92 Å². The van der Waals surface area contributed by atoms with E-state index in [0.717, 1.165) is 24.6 Å². The molecule has 0 spiro atoms. The van der Waals surface area contributed by atoms with E-state index in [9.17, 15) is 0 Å². The molecule has 0 aliphatic carbocycles. The topological polar surface area (TPSA) is 60.6 Å². The first-order valence-corrected chi connectivity index (χ1v) is 7.59. The Labute approximate surface area is 126 Å². The van der Waals surface area contributed by atoms with Gasteiger partial charge in [0.1, 0.15) is 18.7 Å². The van der Waals surface area contributed by atoms with Crippen LogP contribution in [-0.4, -0.2) is 31.1 Å². The minimum Gasteiger partial charge on any atom is -0.312 e. The lowest BCUT2D eigenvalue weighted by atomic mass is 10.2. The van der Waals surface area contributed by atoms with E-state index in [4.69, 9.17) is 0 Å². The monoisotopic (exact) mass is 290 g/mol. The van der Waals surface area contributed by atoms with Gasteiger partial charge in [-0.3, -0.25) is 4.68 Å². The van der Waals surface area contributed by atoms with Crippen LogP contribution in [0.25, 0.3) is 0 Å². The second kappa shape index (κ2) is 6.85. The average Bonchev–Trinajstić information content (AvgIpc) is 2.97. The number of hydrogen-bond donors (Lipinski definition) is 1. The van der Waals surface area contributed by atoms with Crippen molar-refractivity contribution in [3.63, 3.8) is 0 Å². The van der Waals surface area contributed by atoms with E-state index in [0.29, 0.717) is 18.5 Å². The average molecular weight is 290 g/mol. The van der Waals surface area contributed by atoms with E-state index in [1.165, 1.54) is 5.56 Å². The summed E-state index contributed by atoms with van der Waals surface area (Å²) in [6, 6.07) is 0.311. The second-order valence-corrected chi connectivity index (χ2v) is 6.18. The Balaban J connectivity index is 2.03. The SMILES string of the molecule is Cc1nn(Cc2ncnn2C(C)C)cc1CNCC(C)C. The number of hydrogen-bond acceptors (Lipinski definition) is 4. The normalized spacial score (nSPS) is 11.8. The van der Waals surface area contributed by atoms with Crippen molar-refractivity contribution < 1.29 is 0 Å². The molecule has 21 heavy (non-hydrogen) atoms. The van der Waals surface area contributed by atoms with Gasteiger partial charge in [-0.1, -0.05) is 13.8 Å². The van der Waals surface area contributed by atoms with Crippen LogP contribution in [0.1, 0.15) is 50.8 Å². The molecule has 0 saturated carbocycles. The number of aryl methyl sites for hydroxylation is 1. The van der Waals surface area contributed by atoms with Gasteiger partial charge in [0.2, 0.25) is 0 Å². The van der Waals surface area contributed by atoms with Gasteiger partial charge in [0.25, 0.3) is 0 Å². The second-order valence-electron chi connectivity index (χ2n) is 6.18. The van der Waals surface area contributed by atoms with Crippen molar-refractivity contribution in [3.05, 3.63) is 29.6 Å². The maximum atomic E-state index is 4.58. The molecule has 2 rings (SSSR count). The maximum Gasteiger partial charge on any atom is 0.148 e. The fraction of sp³-hybridized carbons (Fsp3) is 0.667. The van der Waals surface area contributed by atoms with Gasteiger partial charge in [0.05, 0.1) is 5.69 Å². The van der Waals surface area contributed by atoms with E-state index in [2.05, 4.69) is 61.3 Å². The van der Waals surface area contributed by atoms with Crippen molar-refractivity contribution in [1.29, 1.82) is 0 Å². The highest BCUT2D eigenvalue weighted by molar-refractivity contribution is 5.15. The molecule has 1 N–H and O–H groups in total. The zero-order valence-corrected chi connectivity index (χ0v) is 13.7. The van der Waals surface area contributed by atoms with Crippen molar-refractivity contribution in [1.82, 2.24) is 29.9 Å². The molecule has 2 aromatic heterocycles. The maximum absolute atomic E-state index is 4.58. The van der Waals surface area contributed by atoms with Crippen molar-refractivity contribution in [2.75, 3.05) is 6.54 Å². The van der Waals surface area contributed by atoms with E-state index in [1.807, 2.05) is 9.36 Å². The van der Waals surface area contributed by atoms with Crippen molar-refractivity contribution in [2.45, 2.75) is 53.8 Å². The van der Waals surface area contributed by atoms with Crippen LogP contribution in [0.3, 0.4) is 0 Å². The molecule has 6 heteroatoms. The largest absolute Gasteiger partial charge is 0.312 e. The zero-order valence-electron chi connectivity index (χ0n) is 13.7. The highest BCUT2D eigenvalue weighted by atomic mass is 15.4. The lowest BCUT2D eigenvalue weighted by Gasteiger charge is -2.09. The zero-order chi connectivity index (χ0) is 15.4. The lowest BCUT2D eigenvalue weighted by molar-refractivity contribution is 0.487. The fourth-order valence-corrected chi connectivity index (χ4v) is 2.27. The molecule has 0 aromatic carbocycles. The first-order chi connectivity index (χ1) is 9.97. The highest BCUT2D eigenvalue weighted by Gasteiger charge is 2.11. The third-order valence-corrected chi connectivity index (χ3v) is 3.36. The summed E-state index contributed by atoms with van der Waals surface area (Å²) in [5.74, 6) is 1.60. The quantitative estimate of drug-likeness (QED) is 0.849. The molecule has 0 fully saturated rings. The number of nitrogens with zero attached hydrogens (tertiary/aromatic N) is 5. The summed E-state index contributed by atoms with van der Waals surface area (Å²) in [5, 5.41) is 12.3. The van der Waals surface area contributed by atoms with E-state index >= 15 is 0 Å². The molecule has 0 aliphatic heterocycles. The molecule has 0 unspecified atom stereocenters. The third kappa shape index (κ3) is 4.14. The molecular formula is C15H26N6. The van der Waals surface area contributed by atoms with E-state index in [1.54, 1.807) is 6.33 Å². The summed E-state index contributed by atoms with van der Waals surface area (Å²) < 4.78 is 3.89. The summed E-state index contributed by atoms with van der Waals surface area (Å²) >= 11 is 0. The molecule has 0 radical (unpaired) electrons. The molecule has 2 heterocycles. The molecule has 2 aromatic rings. The molecule has 6 nitrogen and oxygen atoms in total. The fourth-order valence-electron chi connectivity index (χ4n) is 2.27. The molecular weight excluding hydrogens is 264 g/mol. The van der Waals surface area contributed by atoms with Crippen LogP contribution in [0.2, 0.25) is 0 Å². The molecule has 0 atom stereocenters. The number of nitrogens with one attached hydrogen (secondary N) is 1. The Hall–Kier alpha value is -1.69. The Bertz CT molecular complexity index is 566. The van der Waals surface area contributed by atoms with Gasteiger partial charge in [0.15, 0.2) is 0 Å². The predicted molar refractivity (Wildman–Crippen MR) is 83.0 cm³/mol. The van der Waals surface area contributed by atoms with Crippen molar-refractivity contribution in [3.8, 4) is 0 Å². The van der Waals surface area contributed by atoms with Gasteiger partial charge in [-0.2, -0.15) is 10.2 Å². The standard InChI is InChI=1S/C15H26N6/c1-11(2)6-16-7-14-8-20(19-13(14)5)9-15-17-10-18-21(15)12(3)4/h8,10-12,16H,6-7,9H2,1-5H3. The van der Waals surface area contributed by atoms with Gasteiger partial charge in [-0.25, -0.2) is 9.67 Å². The molecule has 0 aliphatic rings. The van der Waals surface area contributed by atoms with Crippen LogP contribution in [-0.2, 0) is 13.1 Å². The van der Waals surface area contributed by atoms with Crippen LogP contribution >= 0.6 is 0 Å². The highest BCUT2D eigenvalue weighted by Crippen LogP contribution is 2.10. The van der Waals surface area contributed by atoms with Gasteiger partial charge in [-0.15, -0.1) is 0 Å². The van der Waals surface area contributed by atoms with E-state index in [-0.39, 0.29) is 0 Å². The predicted octanol–water partition coefficient (Wildman–Crippen LogP) is 2.16. The first-order valence-electron chi connectivity index (χ1n) is 7.59. The lowest BCUT2D eigenvalue weighted by Crippen LogP contribution is -2.19. The Morgan fingerprint density at radius 3 is 2.67 bits per heavy atom. The minimum atomic E-state index is 0.311. The Morgan fingerprint density at radius 1 is 1.24 bits per heavy atom. The van der Waals surface area contributed by atoms with Crippen LogP contribution in [0.5, 0.6) is 0 Å². The van der Waals surface area contributed by atoms with Crippen molar-refractivity contribution >= 4 is 0 Å². The first kappa shape index (κ1) is 15.7. The van der Waals surface area contributed by atoms with Gasteiger partial charge >= 0.3 is 0 Å². The Morgan fingerprint density at radius 2 is 2.00 bits per heavy atom. The summed E-state index contributed by atoms with van der Waals surface area (Å²) in [6.07, 6.45) is 3.71. The van der Waals surface area contributed by atoms with Gasteiger partial charge in [0, 0.05) is 24.3 Å². The van der Waals surface area contributed by atoms with Gasteiger partial charge in [-0.05, 0) is 33.2 Å². The Kier molecular flexibility index (Phi) is 5.12. The van der Waals surface area contributed by atoms with Crippen LogP contribution in [0, 0.1) is 12.8 Å². The number of aromatic nitrogens is 5. The summed E-state index contributed by atoms with van der Waals surface area (Å²) in [7, 11) is 0. The van der Waals surface area contributed by atoms with Gasteiger partial charge < -0.3 is 5.32 Å². The molecule has 0 bridgehead atoms. The minimum absolute atomic E-state index is 0.311. The van der Waals surface area contributed by atoms with Crippen LogP contribution in [0.15, 0.2) is 12.5 Å². The summed E-state index contributed by atoms with van der Waals surface area (Å²) in [4.78, 5) is 4.33. The number of rotatable bonds is 7. The molecule has 116 valence electrons. The third-order valence-electron chi connectivity index (χ3n) is 3.36.